The van der Waals surface area contributed by atoms with Crippen molar-refractivity contribution >= 4 is 45.7 Å². The number of ether oxygens (including phenoxy) is 1. The first-order chi connectivity index (χ1) is 9.67. The molecule has 104 valence electrons. The lowest BCUT2D eigenvalue weighted by Crippen LogP contribution is -2.02. The molecule has 0 bridgehead atoms. The van der Waals surface area contributed by atoms with E-state index < -0.39 is 0 Å². The van der Waals surface area contributed by atoms with E-state index in [0.29, 0.717) is 11.5 Å². The van der Waals surface area contributed by atoms with E-state index in [4.69, 9.17) is 4.74 Å². The zero-order chi connectivity index (χ0) is 14.3. The van der Waals surface area contributed by atoms with Crippen molar-refractivity contribution < 1.29 is 9.53 Å². The Bertz CT molecular complexity index is 804. The number of nitrogens with zero attached hydrogens (tertiary/aromatic N) is 2. The minimum Gasteiger partial charge on any atom is -0.462 e. The maximum absolute atomic E-state index is 12.1. The molecule has 0 saturated carbocycles. The van der Waals surface area contributed by atoms with Gasteiger partial charge in [-0.2, -0.15) is 0 Å². The standard InChI is InChI=1S/C14H14N2O2S2/c1-4-18-13(17)11-9-10(14(19-3)20-11)16-7-5-6-8(2)12(16)15-9/h5-7H,4H2,1-3H3. The van der Waals surface area contributed by atoms with Crippen molar-refractivity contribution in [1.82, 2.24) is 9.38 Å². The average molecular weight is 306 g/mol. The number of esters is 1. The number of fused-ring (bicyclic) bond motifs is 3. The summed E-state index contributed by atoms with van der Waals surface area (Å²) in [6.07, 6.45) is 3.99. The number of imidazole rings is 1. The highest BCUT2D eigenvalue weighted by molar-refractivity contribution is 8.00. The molecule has 0 aliphatic heterocycles. The first kappa shape index (κ1) is 13.5. The summed E-state index contributed by atoms with van der Waals surface area (Å²) >= 11 is 3.08. The van der Waals surface area contributed by atoms with Crippen molar-refractivity contribution in [2.75, 3.05) is 12.9 Å². The average Bonchev–Trinajstić information content (AvgIpc) is 2.97. The molecule has 0 atom stereocenters. The van der Waals surface area contributed by atoms with Crippen molar-refractivity contribution in [2.24, 2.45) is 0 Å². The minimum absolute atomic E-state index is 0.288. The van der Waals surface area contributed by atoms with Crippen LogP contribution in [-0.2, 0) is 4.74 Å². The number of pyridine rings is 1. The Morgan fingerprint density at radius 1 is 1.55 bits per heavy atom. The largest absolute Gasteiger partial charge is 0.462 e. The van der Waals surface area contributed by atoms with Crippen LogP contribution in [0.15, 0.2) is 22.5 Å². The van der Waals surface area contributed by atoms with Gasteiger partial charge in [-0.15, -0.1) is 23.1 Å². The predicted molar refractivity (Wildman–Crippen MR) is 83.0 cm³/mol. The quantitative estimate of drug-likeness (QED) is 0.546. The number of hydrogen-bond acceptors (Lipinski definition) is 5. The topological polar surface area (TPSA) is 43.6 Å². The Morgan fingerprint density at radius 3 is 3.05 bits per heavy atom. The third-order valence-corrected chi connectivity index (χ3v) is 5.35. The number of aryl methyl sites for hydroxylation is 1. The SMILES string of the molecule is CCOC(=O)c1sc(SC)c2c1nc1c(C)cccn12. The van der Waals surface area contributed by atoms with E-state index in [-0.39, 0.29) is 5.97 Å². The van der Waals surface area contributed by atoms with E-state index in [9.17, 15) is 4.79 Å². The number of thioether (sulfide) groups is 1. The van der Waals surface area contributed by atoms with Gasteiger partial charge in [-0.3, -0.25) is 4.40 Å². The first-order valence-corrected chi connectivity index (χ1v) is 8.32. The number of carbonyl (C=O) groups excluding carboxylic acids is 1. The summed E-state index contributed by atoms with van der Waals surface area (Å²) < 4.78 is 8.27. The number of hydrogen-bond donors (Lipinski definition) is 0. The monoisotopic (exact) mass is 306 g/mol. The third-order valence-electron chi connectivity index (χ3n) is 3.09. The van der Waals surface area contributed by atoms with Crippen LogP contribution in [0.2, 0.25) is 0 Å². The molecule has 0 aliphatic carbocycles. The maximum Gasteiger partial charge on any atom is 0.350 e. The molecule has 0 unspecified atom stereocenters. The fraction of sp³-hybridized carbons (Fsp3) is 0.286. The summed E-state index contributed by atoms with van der Waals surface area (Å²) in [5.74, 6) is -0.288. The van der Waals surface area contributed by atoms with Gasteiger partial charge in [0.25, 0.3) is 0 Å². The Morgan fingerprint density at radius 2 is 2.35 bits per heavy atom. The van der Waals surface area contributed by atoms with Crippen molar-refractivity contribution in [3.63, 3.8) is 0 Å². The number of aromatic nitrogens is 2. The van der Waals surface area contributed by atoms with Gasteiger partial charge < -0.3 is 4.74 Å². The van der Waals surface area contributed by atoms with Crippen LogP contribution in [0.4, 0.5) is 0 Å². The summed E-state index contributed by atoms with van der Waals surface area (Å²) in [6.45, 7) is 4.21. The summed E-state index contributed by atoms with van der Waals surface area (Å²) in [5, 5.41) is 0. The van der Waals surface area contributed by atoms with E-state index in [0.717, 1.165) is 26.5 Å². The molecule has 0 aromatic carbocycles. The highest BCUT2D eigenvalue weighted by atomic mass is 32.2. The predicted octanol–water partition coefficient (Wildman–Crippen LogP) is 3.76. The zero-order valence-electron chi connectivity index (χ0n) is 11.5. The van der Waals surface area contributed by atoms with Crippen LogP contribution in [0.25, 0.3) is 16.7 Å². The van der Waals surface area contributed by atoms with Gasteiger partial charge >= 0.3 is 5.97 Å². The van der Waals surface area contributed by atoms with E-state index in [1.807, 2.05) is 38.4 Å². The molecule has 3 rings (SSSR count). The lowest BCUT2D eigenvalue weighted by Gasteiger charge is -1.99. The van der Waals surface area contributed by atoms with Gasteiger partial charge in [-0.05, 0) is 31.7 Å². The highest BCUT2D eigenvalue weighted by Gasteiger charge is 2.23. The van der Waals surface area contributed by atoms with E-state index in [1.54, 1.807) is 11.8 Å². The smallest absolute Gasteiger partial charge is 0.350 e. The molecule has 3 aromatic rings. The van der Waals surface area contributed by atoms with Crippen molar-refractivity contribution in [1.29, 1.82) is 0 Å². The third kappa shape index (κ3) is 1.91. The number of carbonyl (C=O) groups is 1. The van der Waals surface area contributed by atoms with Gasteiger partial charge in [0.15, 0.2) is 0 Å². The van der Waals surface area contributed by atoms with Gasteiger partial charge in [-0.1, -0.05) is 6.07 Å². The molecular formula is C14H14N2O2S2. The molecule has 0 radical (unpaired) electrons. The molecule has 6 heteroatoms. The van der Waals surface area contributed by atoms with Crippen LogP contribution < -0.4 is 0 Å². The Hall–Kier alpha value is -1.53. The molecule has 0 spiro atoms. The maximum atomic E-state index is 12.1. The fourth-order valence-corrected chi connectivity index (χ4v) is 4.05. The molecule has 0 aliphatic rings. The molecule has 0 fully saturated rings. The summed E-state index contributed by atoms with van der Waals surface area (Å²) in [4.78, 5) is 17.3. The van der Waals surface area contributed by atoms with Crippen LogP contribution in [-0.4, -0.2) is 28.2 Å². The van der Waals surface area contributed by atoms with Gasteiger partial charge in [0.05, 0.1) is 16.3 Å². The summed E-state index contributed by atoms with van der Waals surface area (Å²) in [5.41, 5.74) is 3.73. The second kappa shape index (κ2) is 5.10. The Kier molecular flexibility index (Phi) is 3.43. The van der Waals surface area contributed by atoms with Crippen LogP contribution in [0, 0.1) is 6.92 Å². The van der Waals surface area contributed by atoms with Gasteiger partial charge in [-0.25, -0.2) is 9.78 Å². The second-order valence-electron chi connectivity index (χ2n) is 4.34. The van der Waals surface area contributed by atoms with Crippen molar-refractivity contribution in [3.8, 4) is 0 Å². The summed E-state index contributed by atoms with van der Waals surface area (Å²) in [7, 11) is 0. The lowest BCUT2D eigenvalue weighted by molar-refractivity contribution is 0.0534. The summed E-state index contributed by atoms with van der Waals surface area (Å²) in [6, 6.07) is 4.02. The molecule has 20 heavy (non-hydrogen) atoms. The molecule has 3 heterocycles. The minimum atomic E-state index is -0.288. The van der Waals surface area contributed by atoms with Crippen molar-refractivity contribution in [2.45, 2.75) is 18.1 Å². The highest BCUT2D eigenvalue weighted by Crippen LogP contribution is 2.38. The molecule has 0 N–H and O–H groups in total. The fourth-order valence-electron chi connectivity index (χ4n) is 2.22. The number of rotatable bonds is 3. The van der Waals surface area contributed by atoms with Crippen LogP contribution >= 0.6 is 23.1 Å². The molecule has 3 aromatic heterocycles. The van der Waals surface area contributed by atoms with E-state index in [2.05, 4.69) is 9.38 Å². The normalized spacial score (nSPS) is 11.3. The molecular weight excluding hydrogens is 292 g/mol. The Balaban J connectivity index is 2.36. The van der Waals surface area contributed by atoms with E-state index >= 15 is 0 Å². The van der Waals surface area contributed by atoms with Crippen LogP contribution in [0.3, 0.4) is 0 Å². The Labute approximate surface area is 124 Å². The molecule has 4 nitrogen and oxygen atoms in total. The first-order valence-electron chi connectivity index (χ1n) is 6.28. The van der Waals surface area contributed by atoms with Crippen LogP contribution in [0.1, 0.15) is 22.2 Å². The van der Waals surface area contributed by atoms with Gasteiger partial charge in [0.1, 0.15) is 16.0 Å². The molecule has 0 amide bonds. The zero-order valence-corrected chi connectivity index (χ0v) is 13.1. The van der Waals surface area contributed by atoms with Crippen molar-refractivity contribution in [3.05, 3.63) is 28.8 Å². The molecule has 0 saturated heterocycles. The van der Waals surface area contributed by atoms with Gasteiger partial charge in [0.2, 0.25) is 0 Å². The lowest BCUT2D eigenvalue weighted by atomic mass is 10.3. The number of thiophene rings is 1. The van der Waals surface area contributed by atoms with Crippen LogP contribution in [0.5, 0.6) is 0 Å². The second-order valence-corrected chi connectivity index (χ2v) is 6.43. The van der Waals surface area contributed by atoms with Gasteiger partial charge in [0, 0.05) is 6.20 Å². The van der Waals surface area contributed by atoms with E-state index in [1.165, 1.54) is 11.3 Å².